The van der Waals surface area contributed by atoms with E-state index in [1.165, 1.54) is 0 Å². The highest BCUT2D eigenvalue weighted by atomic mass is 35.5. The molecule has 1 heterocycles. The molecule has 0 radical (unpaired) electrons. The molecule has 1 atom stereocenters. The molecule has 0 aliphatic carbocycles. The standard InChI is InChI=1S/C20H18ClN3O/c1-24(2)18-10-8-15(13-5-3-4-6-14(13)18)20(25)16-11-12(21)7-9-17(16)23-19(20)22/h3-11,25H,1-2H3,(H2,22,23). The van der Waals surface area contributed by atoms with Crippen LogP contribution in [0.4, 0.5) is 11.4 Å². The van der Waals surface area contributed by atoms with E-state index < -0.39 is 5.60 Å². The number of hydrogen-bond acceptors (Lipinski definition) is 4. The van der Waals surface area contributed by atoms with E-state index in [-0.39, 0.29) is 5.84 Å². The molecule has 5 heteroatoms. The summed E-state index contributed by atoms with van der Waals surface area (Å²) in [6.07, 6.45) is 0. The molecule has 1 aliphatic rings. The number of hydrogen-bond donors (Lipinski definition) is 2. The number of anilines is 1. The first-order valence-corrected chi connectivity index (χ1v) is 8.37. The highest BCUT2D eigenvalue weighted by Crippen LogP contribution is 2.45. The van der Waals surface area contributed by atoms with Gasteiger partial charge in [-0.1, -0.05) is 41.9 Å². The summed E-state index contributed by atoms with van der Waals surface area (Å²) in [6.45, 7) is 0. The molecule has 1 unspecified atom stereocenters. The van der Waals surface area contributed by atoms with Gasteiger partial charge in [-0.05, 0) is 29.7 Å². The van der Waals surface area contributed by atoms with Gasteiger partial charge in [0.2, 0.25) is 0 Å². The van der Waals surface area contributed by atoms with Gasteiger partial charge >= 0.3 is 0 Å². The third-order valence-corrected chi connectivity index (χ3v) is 4.97. The smallest absolute Gasteiger partial charge is 0.175 e. The molecule has 4 nitrogen and oxygen atoms in total. The number of fused-ring (bicyclic) bond motifs is 2. The summed E-state index contributed by atoms with van der Waals surface area (Å²) in [7, 11) is 3.99. The number of benzene rings is 3. The van der Waals surface area contributed by atoms with Gasteiger partial charge in [0.05, 0.1) is 5.69 Å². The fraction of sp³-hybridized carbons (Fsp3) is 0.150. The average molecular weight is 352 g/mol. The molecule has 0 amide bonds. The number of rotatable bonds is 2. The van der Waals surface area contributed by atoms with Crippen molar-refractivity contribution in [2.75, 3.05) is 19.0 Å². The van der Waals surface area contributed by atoms with Crippen molar-refractivity contribution in [2.45, 2.75) is 5.60 Å². The van der Waals surface area contributed by atoms with Crippen molar-refractivity contribution in [3.8, 4) is 0 Å². The minimum Gasteiger partial charge on any atom is -0.384 e. The van der Waals surface area contributed by atoms with E-state index in [1.54, 1.807) is 18.2 Å². The Bertz CT molecular complexity index is 1030. The summed E-state index contributed by atoms with van der Waals surface area (Å²) in [5.74, 6) is 0.160. The third-order valence-electron chi connectivity index (χ3n) is 4.73. The normalized spacial score (nSPS) is 19.0. The maximum absolute atomic E-state index is 11.6. The number of amidine groups is 1. The molecule has 0 spiro atoms. The van der Waals surface area contributed by atoms with Gasteiger partial charge < -0.3 is 15.7 Å². The van der Waals surface area contributed by atoms with Crippen LogP contribution < -0.4 is 10.6 Å². The fourth-order valence-electron chi connectivity index (χ4n) is 3.52. The van der Waals surface area contributed by atoms with Gasteiger partial charge in [0.25, 0.3) is 0 Å². The second-order valence-electron chi connectivity index (χ2n) is 6.44. The third kappa shape index (κ3) is 2.22. The van der Waals surface area contributed by atoms with E-state index in [4.69, 9.17) is 17.3 Å². The topological polar surface area (TPSA) is 61.8 Å². The van der Waals surface area contributed by atoms with Crippen LogP contribution in [0.1, 0.15) is 11.1 Å². The van der Waals surface area contributed by atoms with Crippen molar-refractivity contribution >= 4 is 39.6 Å². The molecule has 0 bridgehead atoms. The van der Waals surface area contributed by atoms with Gasteiger partial charge in [0.1, 0.15) is 5.84 Å². The lowest BCUT2D eigenvalue weighted by molar-refractivity contribution is 0.160. The number of nitrogens with zero attached hydrogens (tertiary/aromatic N) is 2. The first-order chi connectivity index (χ1) is 11.9. The quantitative estimate of drug-likeness (QED) is 0.738. The highest BCUT2D eigenvalue weighted by Gasteiger charge is 2.43. The van der Waals surface area contributed by atoms with Gasteiger partial charge in [-0.15, -0.1) is 0 Å². The summed E-state index contributed by atoms with van der Waals surface area (Å²) in [6, 6.07) is 17.1. The Morgan fingerprint density at radius 2 is 1.72 bits per heavy atom. The van der Waals surface area contributed by atoms with Gasteiger partial charge in [-0.2, -0.15) is 0 Å². The SMILES string of the molecule is CN(C)c1ccc(C2(O)C(N)=Nc3ccc(Cl)cc32)c2ccccc12. The molecular weight excluding hydrogens is 334 g/mol. The van der Waals surface area contributed by atoms with Crippen LogP contribution >= 0.6 is 11.6 Å². The fourth-order valence-corrected chi connectivity index (χ4v) is 3.69. The highest BCUT2D eigenvalue weighted by molar-refractivity contribution is 6.31. The van der Waals surface area contributed by atoms with E-state index in [2.05, 4.69) is 4.99 Å². The van der Waals surface area contributed by atoms with E-state index in [9.17, 15) is 5.11 Å². The lowest BCUT2D eigenvalue weighted by atomic mass is 9.83. The Morgan fingerprint density at radius 1 is 1.00 bits per heavy atom. The van der Waals surface area contributed by atoms with Crippen LogP contribution in [0.2, 0.25) is 5.02 Å². The summed E-state index contributed by atoms with van der Waals surface area (Å²) in [4.78, 5) is 6.41. The zero-order valence-electron chi connectivity index (χ0n) is 14.0. The first kappa shape index (κ1) is 15.9. The molecule has 4 rings (SSSR count). The minimum atomic E-state index is -1.50. The van der Waals surface area contributed by atoms with E-state index in [0.717, 1.165) is 16.5 Å². The van der Waals surface area contributed by atoms with Gasteiger partial charge in [-0.3, -0.25) is 0 Å². The van der Waals surface area contributed by atoms with Crippen molar-refractivity contribution in [3.63, 3.8) is 0 Å². The summed E-state index contributed by atoms with van der Waals surface area (Å²) < 4.78 is 0. The summed E-state index contributed by atoms with van der Waals surface area (Å²) in [5, 5.41) is 14.1. The molecule has 0 saturated heterocycles. The van der Waals surface area contributed by atoms with E-state index in [1.807, 2.05) is 55.4 Å². The number of halogens is 1. The molecule has 126 valence electrons. The van der Waals surface area contributed by atoms with Crippen LogP contribution in [0.5, 0.6) is 0 Å². The van der Waals surface area contributed by atoms with Crippen LogP contribution in [-0.4, -0.2) is 25.0 Å². The Morgan fingerprint density at radius 3 is 2.44 bits per heavy atom. The zero-order chi connectivity index (χ0) is 17.8. The average Bonchev–Trinajstić information content (AvgIpc) is 2.85. The summed E-state index contributed by atoms with van der Waals surface area (Å²) in [5.41, 5.74) is 7.72. The largest absolute Gasteiger partial charge is 0.384 e. The van der Waals surface area contributed by atoms with E-state index in [0.29, 0.717) is 21.8 Å². The second kappa shape index (κ2) is 5.48. The van der Waals surface area contributed by atoms with E-state index >= 15 is 0 Å². The van der Waals surface area contributed by atoms with Crippen molar-refractivity contribution in [1.29, 1.82) is 0 Å². The van der Waals surface area contributed by atoms with Crippen LogP contribution in [0, 0.1) is 0 Å². The Labute approximate surface area is 151 Å². The first-order valence-electron chi connectivity index (χ1n) is 7.99. The monoisotopic (exact) mass is 351 g/mol. The number of aliphatic hydroxyl groups is 1. The number of aliphatic imine (C=N–C) groups is 1. The van der Waals surface area contributed by atoms with Crippen molar-refractivity contribution in [2.24, 2.45) is 10.7 Å². The van der Waals surface area contributed by atoms with Crippen LogP contribution in [0.25, 0.3) is 10.8 Å². The van der Waals surface area contributed by atoms with Crippen LogP contribution in [-0.2, 0) is 5.60 Å². The van der Waals surface area contributed by atoms with Gasteiger partial charge in [0.15, 0.2) is 5.60 Å². The molecule has 0 aromatic heterocycles. The number of nitrogens with two attached hydrogens (primary N) is 1. The van der Waals surface area contributed by atoms with Crippen LogP contribution in [0.3, 0.4) is 0 Å². The predicted octanol–water partition coefficient (Wildman–Crippen LogP) is 3.80. The lowest BCUT2D eigenvalue weighted by Gasteiger charge is -2.28. The Balaban J connectivity index is 2.05. The summed E-state index contributed by atoms with van der Waals surface area (Å²) >= 11 is 6.16. The van der Waals surface area contributed by atoms with Crippen molar-refractivity contribution in [1.82, 2.24) is 0 Å². The molecule has 25 heavy (non-hydrogen) atoms. The molecular formula is C20H18ClN3O. The molecule has 1 aliphatic heterocycles. The minimum absolute atomic E-state index is 0.160. The maximum Gasteiger partial charge on any atom is 0.175 e. The van der Waals surface area contributed by atoms with Gasteiger partial charge in [-0.25, -0.2) is 4.99 Å². The second-order valence-corrected chi connectivity index (χ2v) is 6.88. The Hall–Kier alpha value is -2.56. The Kier molecular flexibility index (Phi) is 3.49. The molecule has 0 fully saturated rings. The molecule has 3 aromatic carbocycles. The van der Waals surface area contributed by atoms with Crippen LogP contribution in [0.15, 0.2) is 59.6 Å². The van der Waals surface area contributed by atoms with Crippen molar-refractivity contribution in [3.05, 3.63) is 70.7 Å². The maximum atomic E-state index is 11.6. The van der Waals surface area contributed by atoms with Gasteiger partial charge in [0, 0.05) is 41.3 Å². The van der Waals surface area contributed by atoms with Crippen molar-refractivity contribution < 1.29 is 5.11 Å². The zero-order valence-corrected chi connectivity index (χ0v) is 14.7. The lowest BCUT2D eigenvalue weighted by Crippen LogP contribution is -2.39. The predicted molar refractivity (Wildman–Crippen MR) is 104 cm³/mol. The molecule has 3 N–H and O–H groups in total. The molecule has 3 aromatic rings. The molecule has 0 saturated carbocycles.